The molecule has 4 rings (SSSR count). The van der Waals surface area contributed by atoms with Crippen molar-refractivity contribution in [1.29, 1.82) is 5.26 Å². The van der Waals surface area contributed by atoms with Crippen LogP contribution in [0.5, 0.6) is 0 Å². The molecule has 0 unspecified atom stereocenters. The molecule has 4 heterocycles. The summed E-state index contributed by atoms with van der Waals surface area (Å²) in [4.78, 5) is 38.7. The summed E-state index contributed by atoms with van der Waals surface area (Å²) in [7, 11) is 0. The van der Waals surface area contributed by atoms with Crippen LogP contribution in [0.4, 0.5) is 0 Å². The maximum Gasteiger partial charge on any atom is 0.279 e. The molecule has 0 atom stereocenters. The van der Waals surface area contributed by atoms with Gasteiger partial charge in [0.05, 0.1) is 10.9 Å². The average molecular weight is 398 g/mol. The lowest BCUT2D eigenvalue weighted by atomic mass is 10.2. The number of aryl methyl sites for hydroxylation is 1. The molecule has 30 heavy (non-hydrogen) atoms. The summed E-state index contributed by atoms with van der Waals surface area (Å²) in [5.74, 6) is -0.503. The number of aromatic nitrogens is 4. The summed E-state index contributed by atoms with van der Waals surface area (Å²) in [5.41, 5.74) is 2.10. The van der Waals surface area contributed by atoms with Crippen LogP contribution in [0, 0.1) is 18.3 Å². The highest BCUT2D eigenvalue weighted by molar-refractivity contribution is 5.94. The minimum Gasteiger partial charge on any atom is -0.306 e. The van der Waals surface area contributed by atoms with Crippen LogP contribution in [-0.2, 0) is 0 Å². The summed E-state index contributed by atoms with van der Waals surface area (Å²) in [6.45, 7) is 5.64. The summed E-state index contributed by atoms with van der Waals surface area (Å²) < 4.78 is 3.13. The minimum absolute atomic E-state index is 0.130. The van der Waals surface area contributed by atoms with Crippen LogP contribution in [-0.4, -0.2) is 24.8 Å². The molecule has 0 aliphatic heterocycles. The molecule has 0 saturated heterocycles. The van der Waals surface area contributed by atoms with E-state index >= 15 is 0 Å². The van der Waals surface area contributed by atoms with E-state index in [-0.39, 0.29) is 22.7 Å². The van der Waals surface area contributed by atoms with Crippen molar-refractivity contribution in [3.05, 3.63) is 81.5 Å². The highest BCUT2D eigenvalue weighted by atomic mass is 16.1. The number of amides is 1. The Hall–Kier alpha value is -4.12. The number of rotatable bonds is 2. The number of pyridine rings is 3. The zero-order chi connectivity index (χ0) is 21.4. The second-order valence-corrected chi connectivity index (χ2v) is 7.15. The zero-order valence-corrected chi connectivity index (χ0v) is 16.7. The predicted octanol–water partition coefficient (Wildman–Crippen LogP) is 2.55. The molecule has 1 amide bonds. The standard InChI is InChI=1S/C22H18N6O2/c1-13(2)28-19(26-21(29)15-6-8-24-9-7-15)16(12-23)11-17-20(28)25-18-14(3)5-4-10-27(18)22(17)30/h4-11,13H,1-3H3. The van der Waals surface area contributed by atoms with Crippen molar-refractivity contribution < 1.29 is 4.79 Å². The van der Waals surface area contributed by atoms with Gasteiger partial charge in [-0.05, 0) is 50.6 Å². The quantitative estimate of drug-likeness (QED) is 0.483. The first-order valence-corrected chi connectivity index (χ1v) is 9.38. The Balaban J connectivity index is 2.17. The number of hydrogen-bond acceptors (Lipinski definition) is 5. The van der Waals surface area contributed by atoms with Gasteiger partial charge in [-0.3, -0.25) is 19.0 Å². The molecule has 8 heteroatoms. The van der Waals surface area contributed by atoms with Crippen LogP contribution in [0.25, 0.3) is 16.7 Å². The van der Waals surface area contributed by atoms with E-state index < -0.39 is 5.91 Å². The Morgan fingerprint density at radius 1 is 1.20 bits per heavy atom. The molecule has 8 nitrogen and oxygen atoms in total. The van der Waals surface area contributed by atoms with Gasteiger partial charge in [-0.2, -0.15) is 10.3 Å². The molecule has 0 radical (unpaired) electrons. The number of nitrogens with zero attached hydrogens (tertiary/aromatic N) is 6. The van der Waals surface area contributed by atoms with E-state index in [4.69, 9.17) is 4.98 Å². The fourth-order valence-electron chi connectivity index (χ4n) is 3.39. The fraction of sp³-hybridized carbons (Fsp3) is 0.182. The lowest BCUT2D eigenvalue weighted by Gasteiger charge is -2.16. The van der Waals surface area contributed by atoms with E-state index in [2.05, 4.69) is 16.0 Å². The summed E-state index contributed by atoms with van der Waals surface area (Å²) >= 11 is 0. The first-order chi connectivity index (χ1) is 14.4. The maximum absolute atomic E-state index is 13.1. The van der Waals surface area contributed by atoms with E-state index in [1.807, 2.05) is 26.8 Å². The Kier molecular flexibility index (Phi) is 4.72. The molecule has 4 aromatic heterocycles. The van der Waals surface area contributed by atoms with Crippen LogP contribution in [0.2, 0.25) is 0 Å². The second kappa shape index (κ2) is 7.37. The van der Waals surface area contributed by atoms with Gasteiger partial charge in [-0.25, -0.2) is 4.98 Å². The Labute approximate surface area is 171 Å². The normalized spacial score (nSPS) is 11.9. The van der Waals surface area contributed by atoms with Crippen molar-refractivity contribution in [2.75, 3.05) is 0 Å². The van der Waals surface area contributed by atoms with Crippen molar-refractivity contribution in [2.24, 2.45) is 4.99 Å². The van der Waals surface area contributed by atoms with E-state index in [1.165, 1.54) is 22.9 Å². The number of carbonyl (C=O) groups excluding carboxylic acids is 1. The third-order valence-corrected chi connectivity index (χ3v) is 4.82. The van der Waals surface area contributed by atoms with Gasteiger partial charge in [0.2, 0.25) is 0 Å². The highest BCUT2D eigenvalue weighted by Crippen LogP contribution is 2.16. The molecule has 0 fully saturated rings. The Morgan fingerprint density at radius 3 is 2.60 bits per heavy atom. The lowest BCUT2D eigenvalue weighted by Crippen LogP contribution is -2.30. The van der Waals surface area contributed by atoms with Crippen molar-refractivity contribution in [3.63, 3.8) is 0 Å². The molecule has 0 aromatic carbocycles. The monoisotopic (exact) mass is 398 g/mol. The zero-order valence-electron chi connectivity index (χ0n) is 16.7. The lowest BCUT2D eigenvalue weighted by molar-refractivity contribution is 0.0997. The fourth-order valence-corrected chi connectivity index (χ4v) is 3.39. The number of carbonyl (C=O) groups is 1. The summed E-state index contributed by atoms with van der Waals surface area (Å²) in [5, 5.41) is 10.0. The van der Waals surface area contributed by atoms with Crippen LogP contribution >= 0.6 is 0 Å². The van der Waals surface area contributed by atoms with Crippen LogP contribution in [0.1, 0.15) is 41.4 Å². The van der Waals surface area contributed by atoms with E-state index in [9.17, 15) is 14.9 Å². The topological polar surface area (TPSA) is 105 Å². The molecule has 0 aliphatic carbocycles. The van der Waals surface area contributed by atoms with Gasteiger partial charge in [0.15, 0.2) is 5.49 Å². The molecule has 0 bridgehead atoms. The van der Waals surface area contributed by atoms with Gasteiger partial charge >= 0.3 is 0 Å². The Bertz CT molecular complexity index is 1470. The van der Waals surface area contributed by atoms with Crippen molar-refractivity contribution in [2.45, 2.75) is 26.8 Å². The van der Waals surface area contributed by atoms with Gasteiger partial charge in [-0.1, -0.05) is 6.07 Å². The average Bonchev–Trinajstić information content (AvgIpc) is 2.74. The predicted molar refractivity (Wildman–Crippen MR) is 111 cm³/mol. The number of nitriles is 1. The smallest absolute Gasteiger partial charge is 0.279 e. The first-order valence-electron chi connectivity index (χ1n) is 9.38. The van der Waals surface area contributed by atoms with Gasteiger partial charge in [0, 0.05) is 30.2 Å². The first kappa shape index (κ1) is 19.2. The van der Waals surface area contributed by atoms with Gasteiger partial charge in [0.1, 0.15) is 17.4 Å². The second-order valence-electron chi connectivity index (χ2n) is 7.15. The van der Waals surface area contributed by atoms with E-state index in [0.717, 1.165) is 5.56 Å². The van der Waals surface area contributed by atoms with E-state index in [0.29, 0.717) is 22.2 Å². The SMILES string of the molecule is Cc1cccn2c(=O)c3cc(C#N)c(=NC(=O)c4ccncc4)n(C(C)C)c3nc12. The molecule has 0 N–H and O–H groups in total. The van der Waals surface area contributed by atoms with Crippen LogP contribution in [0.3, 0.4) is 0 Å². The minimum atomic E-state index is -0.503. The third-order valence-electron chi connectivity index (χ3n) is 4.82. The molecule has 0 spiro atoms. The van der Waals surface area contributed by atoms with Crippen molar-refractivity contribution >= 4 is 22.6 Å². The van der Waals surface area contributed by atoms with Crippen molar-refractivity contribution in [1.82, 2.24) is 18.9 Å². The molecule has 4 aromatic rings. The van der Waals surface area contributed by atoms with Gasteiger partial charge < -0.3 is 4.57 Å². The molecule has 0 saturated carbocycles. The van der Waals surface area contributed by atoms with Crippen LogP contribution in [0.15, 0.2) is 58.7 Å². The van der Waals surface area contributed by atoms with Gasteiger partial charge in [-0.15, -0.1) is 0 Å². The third kappa shape index (κ3) is 3.06. The van der Waals surface area contributed by atoms with Crippen molar-refractivity contribution in [3.8, 4) is 6.07 Å². The summed E-state index contributed by atoms with van der Waals surface area (Å²) in [6.07, 6.45) is 4.65. The molecule has 0 aliphatic rings. The van der Waals surface area contributed by atoms with E-state index in [1.54, 1.807) is 29.0 Å². The maximum atomic E-state index is 13.1. The molecular weight excluding hydrogens is 380 g/mol. The number of fused-ring (bicyclic) bond motifs is 2. The molecule has 148 valence electrons. The Morgan fingerprint density at radius 2 is 1.93 bits per heavy atom. The molecular formula is C22H18N6O2. The van der Waals surface area contributed by atoms with Gasteiger partial charge in [0.25, 0.3) is 11.5 Å². The summed E-state index contributed by atoms with van der Waals surface area (Å²) in [6, 6.07) is 10.1. The number of hydrogen-bond donors (Lipinski definition) is 0. The van der Waals surface area contributed by atoms with Crippen LogP contribution < -0.4 is 11.0 Å². The highest BCUT2D eigenvalue weighted by Gasteiger charge is 2.17. The largest absolute Gasteiger partial charge is 0.306 e.